The first kappa shape index (κ1) is 21.7. The lowest BCUT2D eigenvalue weighted by Gasteiger charge is -2.11. The SMILES string of the molecule is Nc1nc(N)[nH+]c(N)n1.O.O.O=C(O)c1c([O-])cc(O)cc1O. The number of aromatic hydroxyl groups is 2. The van der Waals surface area contributed by atoms with E-state index < -0.39 is 28.8 Å². The summed E-state index contributed by atoms with van der Waals surface area (Å²) in [5.74, 6) is -3.21. The number of rotatable bonds is 1. The van der Waals surface area contributed by atoms with Gasteiger partial charge in [-0.1, -0.05) is 15.7 Å². The standard InChI is InChI=1S/C7H6O5.C3H6N6.2H2O/c8-3-1-4(9)6(7(11)12)5(10)2-3;4-1-7-2(5)9-3(6)8-1;;/h1-2,8-10H,(H,11,12);(H6,4,5,6,7,8,9);2*1H2. The Bertz CT molecular complexity index is 607. The van der Waals surface area contributed by atoms with Gasteiger partial charge in [0, 0.05) is 6.07 Å². The summed E-state index contributed by atoms with van der Waals surface area (Å²) in [5, 5.41) is 36.8. The second-order valence-corrected chi connectivity index (χ2v) is 3.62. The van der Waals surface area contributed by atoms with Gasteiger partial charge in [0.2, 0.25) is 0 Å². The summed E-state index contributed by atoms with van der Waals surface area (Å²) in [6.45, 7) is 0. The highest BCUT2D eigenvalue weighted by Crippen LogP contribution is 2.29. The zero-order valence-electron chi connectivity index (χ0n) is 11.4. The van der Waals surface area contributed by atoms with E-state index in [0.717, 1.165) is 12.1 Å². The monoisotopic (exact) mass is 332 g/mol. The van der Waals surface area contributed by atoms with Gasteiger partial charge in [0.05, 0.1) is 5.56 Å². The molecule has 0 unspecified atom stereocenters. The van der Waals surface area contributed by atoms with Crippen molar-refractivity contribution >= 4 is 23.8 Å². The molecule has 128 valence electrons. The van der Waals surface area contributed by atoms with Crippen LogP contribution < -0.4 is 27.3 Å². The number of carbonyl (C=O) groups is 1. The number of aromatic carboxylic acids is 1. The van der Waals surface area contributed by atoms with Gasteiger partial charge >= 0.3 is 23.8 Å². The lowest BCUT2D eigenvalue weighted by molar-refractivity contribution is -0.350. The number of aromatic nitrogens is 3. The van der Waals surface area contributed by atoms with Crippen LogP contribution in [0.1, 0.15) is 10.4 Å². The maximum absolute atomic E-state index is 10.8. The molecule has 0 spiro atoms. The Hall–Kier alpha value is -3.58. The Kier molecular flexibility index (Phi) is 8.17. The number of nitrogen functional groups attached to an aromatic ring is 3. The largest absolute Gasteiger partial charge is 0.872 e. The predicted octanol–water partition coefficient (Wildman–Crippen LogP) is -3.74. The van der Waals surface area contributed by atoms with Crippen molar-refractivity contribution in [3.05, 3.63) is 17.7 Å². The third kappa shape index (κ3) is 6.15. The Morgan fingerprint density at radius 3 is 1.91 bits per heavy atom. The summed E-state index contributed by atoms with van der Waals surface area (Å²) in [7, 11) is 0. The average Bonchev–Trinajstić information content (AvgIpc) is 2.24. The van der Waals surface area contributed by atoms with E-state index in [1.54, 1.807) is 0 Å². The van der Waals surface area contributed by atoms with E-state index in [0.29, 0.717) is 0 Å². The van der Waals surface area contributed by atoms with Gasteiger partial charge in [-0.3, -0.25) is 0 Å². The molecule has 13 nitrogen and oxygen atoms in total. The minimum absolute atomic E-state index is 0. The molecule has 0 aliphatic carbocycles. The maximum atomic E-state index is 10.8. The first-order valence-corrected chi connectivity index (χ1v) is 5.24. The van der Waals surface area contributed by atoms with E-state index in [9.17, 15) is 9.90 Å². The van der Waals surface area contributed by atoms with Crippen LogP contribution in [-0.2, 0) is 0 Å². The highest BCUT2D eigenvalue weighted by molar-refractivity contribution is 5.94. The summed E-state index contributed by atoms with van der Waals surface area (Å²) in [5.41, 5.74) is 14.8. The highest BCUT2D eigenvalue weighted by Gasteiger charge is 2.10. The Morgan fingerprint density at radius 1 is 1.09 bits per heavy atom. The number of benzene rings is 1. The molecule has 0 atom stereocenters. The molecule has 1 aromatic heterocycles. The van der Waals surface area contributed by atoms with Crippen LogP contribution in [0.4, 0.5) is 17.8 Å². The van der Waals surface area contributed by atoms with Crippen molar-refractivity contribution in [2.75, 3.05) is 17.2 Å². The van der Waals surface area contributed by atoms with E-state index in [1.165, 1.54) is 0 Å². The molecule has 0 radical (unpaired) electrons. The number of hydrogen-bond donors (Lipinski definition) is 6. The quantitative estimate of drug-likeness (QED) is 0.296. The van der Waals surface area contributed by atoms with Gasteiger partial charge in [-0.25, -0.2) is 9.78 Å². The number of anilines is 3. The fourth-order valence-electron chi connectivity index (χ4n) is 1.26. The number of carboxylic acids is 1. The number of nitrogens with one attached hydrogen (secondary N) is 1. The van der Waals surface area contributed by atoms with Crippen LogP contribution in [0, 0.1) is 0 Å². The number of nitrogens with zero attached hydrogens (tertiary/aromatic N) is 2. The van der Waals surface area contributed by atoms with Crippen molar-refractivity contribution < 1.29 is 41.2 Å². The number of phenols is 2. The molecule has 23 heavy (non-hydrogen) atoms. The first-order valence-electron chi connectivity index (χ1n) is 5.24. The average molecular weight is 332 g/mol. The van der Waals surface area contributed by atoms with Gasteiger partial charge in [-0.2, -0.15) is 0 Å². The molecule has 2 rings (SSSR count). The van der Waals surface area contributed by atoms with Crippen molar-refractivity contribution in [2.24, 2.45) is 0 Å². The first-order chi connectivity index (χ1) is 9.70. The highest BCUT2D eigenvalue weighted by atomic mass is 16.4. The van der Waals surface area contributed by atoms with E-state index in [2.05, 4.69) is 15.0 Å². The molecule has 2 aromatic rings. The van der Waals surface area contributed by atoms with Crippen molar-refractivity contribution in [3.8, 4) is 17.2 Å². The molecule has 1 aromatic carbocycles. The van der Waals surface area contributed by atoms with Gasteiger partial charge < -0.3 is 48.6 Å². The fourth-order valence-corrected chi connectivity index (χ4v) is 1.26. The van der Waals surface area contributed by atoms with Crippen LogP contribution in [0.15, 0.2) is 12.1 Å². The molecule has 14 N–H and O–H groups in total. The molecule has 13 heteroatoms. The third-order valence-electron chi connectivity index (χ3n) is 2.01. The molecule has 0 bridgehead atoms. The minimum Gasteiger partial charge on any atom is -0.872 e. The van der Waals surface area contributed by atoms with Crippen molar-refractivity contribution in [1.29, 1.82) is 0 Å². The van der Waals surface area contributed by atoms with Gasteiger partial charge in [0.25, 0.3) is 0 Å². The second-order valence-electron chi connectivity index (χ2n) is 3.62. The summed E-state index contributed by atoms with van der Waals surface area (Å²) in [6, 6.07) is 1.52. The Labute approximate surface area is 128 Å². The van der Waals surface area contributed by atoms with Crippen LogP contribution in [-0.4, -0.2) is 42.2 Å². The van der Waals surface area contributed by atoms with Crippen LogP contribution >= 0.6 is 0 Å². The van der Waals surface area contributed by atoms with Crippen molar-refractivity contribution in [2.45, 2.75) is 0 Å². The number of carboxylic acid groups (broad SMARTS) is 1. The lowest BCUT2D eigenvalue weighted by Crippen LogP contribution is -2.20. The van der Waals surface area contributed by atoms with E-state index in [1.807, 2.05) is 0 Å². The second kappa shape index (κ2) is 8.65. The molecule has 0 amide bonds. The molecule has 0 aliphatic rings. The molecule has 0 saturated heterocycles. The van der Waals surface area contributed by atoms with Gasteiger partial charge in [-0.05, 0) is 6.07 Å². The molecule has 0 saturated carbocycles. The van der Waals surface area contributed by atoms with E-state index in [-0.39, 0.29) is 28.8 Å². The number of aromatic amines is 1. The predicted molar refractivity (Wildman–Crippen MR) is 75.2 cm³/mol. The smallest absolute Gasteiger partial charge is 0.338 e. The van der Waals surface area contributed by atoms with Crippen molar-refractivity contribution in [1.82, 2.24) is 9.97 Å². The number of hydrogen-bond acceptors (Lipinski definition) is 9. The van der Waals surface area contributed by atoms with Crippen LogP contribution in [0.3, 0.4) is 0 Å². The Morgan fingerprint density at radius 2 is 1.57 bits per heavy atom. The molecule has 0 fully saturated rings. The molecule has 1 heterocycles. The van der Waals surface area contributed by atoms with Crippen molar-refractivity contribution in [3.63, 3.8) is 0 Å². The zero-order chi connectivity index (χ0) is 16.2. The number of nitrogens with two attached hydrogens (primary N) is 3. The number of phenolic OH excluding ortho intramolecular Hbond substituents is 1. The summed E-state index contributed by atoms with van der Waals surface area (Å²) in [4.78, 5) is 19.9. The lowest BCUT2D eigenvalue weighted by atomic mass is 10.1. The van der Waals surface area contributed by atoms with Crippen LogP contribution in [0.25, 0.3) is 0 Å². The zero-order valence-corrected chi connectivity index (χ0v) is 11.4. The summed E-state index contributed by atoms with van der Waals surface area (Å²) >= 11 is 0. The molecular formula is C10H16N6O7. The normalized spacial score (nSPS) is 8.70. The van der Waals surface area contributed by atoms with E-state index >= 15 is 0 Å². The summed E-state index contributed by atoms with van der Waals surface area (Å²) in [6.07, 6.45) is 0. The third-order valence-corrected chi connectivity index (χ3v) is 2.01. The minimum atomic E-state index is -1.52. The maximum Gasteiger partial charge on any atom is 0.338 e. The molecule has 0 aliphatic heterocycles. The Balaban J connectivity index is 0. The summed E-state index contributed by atoms with van der Waals surface area (Å²) < 4.78 is 0. The topological polar surface area (TPSA) is 282 Å². The van der Waals surface area contributed by atoms with Gasteiger partial charge in [0.15, 0.2) is 0 Å². The van der Waals surface area contributed by atoms with Crippen LogP contribution in [0.2, 0.25) is 0 Å². The van der Waals surface area contributed by atoms with Gasteiger partial charge in [0.1, 0.15) is 11.5 Å². The van der Waals surface area contributed by atoms with Crippen LogP contribution in [0.5, 0.6) is 17.2 Å². The van der Waals surface area contributed by atoms with Gasteiger partial charge in [-0.15, -0.1) is 0 Å². The fraction of sp³-hybridized carbons (Fsp3) is 0. The molecular weight excluding hydrogens is 316 g/mol. The number of H-pyrrole nitrogens is 1. The van der Waals surface area contributed by atoms with E-state index in [4.69, 9.17) is 32.5 Å².